The van der Waals surface area contributed by atoms with Crippen LogP contribution in [-0.4, -0.2) is 72.4 Å². The van der Waals surface area contributed by atoms with E-state index in [-0.39, 0.29) is 33.8 Å². The number of aromatic hydroxyl groups is 3. The molecule has 0 unspecified atom stereocenters. The van der Waals surface area contributed by atoms with Gasteiger partial charge in [0.2, 0.25) is 6.29 Å². The van der Waals surface area contributed by atoms with Gasteiger partial charge in [0, 0.05) is 23.8 Å². The molecular formula is C21H18O12. The number of aliphatic hydroxyl groups is 3. The molecule has 2 aromatic carbocycles. The standard InChI is InChI=1S/C21H18O12/c22-8-4-10(24)15-11(25)6-12(31-14(15)5-8)7-1-2-9(23)13(3-7)32-21-18(28)16(26)17(27)19(33-21)20(29)30/h1-6,16-19,21-24,26-28H,(H,29,30)/t16-,17+,18+,19-,21+/m0/s1. The lowest BCUT2D eigenvalue weighted by atomic mass is 9.99. The minimum atomic E-state index is -1.92. The monoisotopic (exact) mass is 462 g/mol. The van der Waals surface area contributed by atoms with Gasteiger partial charge in [-0.05, 0) is 18.2 Å². The largest absolute Gasteiger partial charge is 0.508 e. The van der Waals surface area contributed by atoms with Gasteiger partial charge in [-0.15, -0.1) is 0 Å². The highest BCUT2D eigenvalue weighted by Crippen LogP contribution is 2.36. The van der Waals surface area contributed by atoms with Crippen molar-refractivity contribution in [3.05, 3.63) is 46.6 Å². The fraction of sp³-hybridized carbons (Fsp3) is 0.238. The Morgan fingerprint density at radius 3 is 2.33 bits per heavy atom. The maximum absolute atomic E-state index is 12.4. The van der Waals surface area contributed by atoms with E-state index in [1.807, 2.05) is 0 Å². The van der Waals surface area contributed by atoms with Crippen molar-refractivity contribution in [1.29, 1.82) is 0 Å². The number of hydrogen-bond acceptors (Lipinski definition) is 11. The van der Waals surface area contributed by atoms with Crippen molar-refractivity contribution < 1.29 is 54.4 Å². The predicted octanol–water partition coefficient (Wildman–Crippen LogP) is -0.152. The Balaban J connectivity index is 1.70. The van der Waals surface area contributed by atoms with Gasteiger partial charge in [-0.1, -0.05) is 0 Å². The quantitative estimate of drug-likeness (QED) is 0.270. The Morgan fingerprint density at radius 1 is 0.909 bits per heavy atom. The van der Waals surface area contributed by atoms with E-state index in [4.69, 9.17) is 19.0 Å². The van der Waals surface area contributed by atoms with Crippen LogP contribution in [0.4, 0.5) is 0 Å². The van der Waals surface area contributed by atoms with E-state index in [0.717, 1.165) is 24.3 Å². The van der Waals surface area contributed by atoms with E-state index >= 15 is 0 Å². The highest BCUT2D eigenvalue weighted by Gasteiger charge is 2.48. The van der Waals surface area contributed by atoms with Gasteiger partial charge < -0.3 is 49.6 Å². The van der Waals surface area contributed by atoms with Crippen LogP contribution in [0.5, 0.6) is 23.0 Å². The molecular weight excluding hydrogens is 444 g/mol. The third kappa shape index (κ3) is 4.03. The summed E-state index contributed by atoms with van der Waals surface area (Å²) in [6, 6.07) is 6.86. The van der Waals surface area contributed by atoms with Crippen LogP contribution in [0, 0.1) is 0 Å². The first kappa shape index (κ1) is 22.4. The number of aliphatic carboxylic acids is 1. The Bertz CT molecular complexity index is 1280. The molecule has 33 heavy (non-hydrogen) atoms. The molecule has 2 heterocycles. The van der Waals surface area contributed by atoms with Crippen molar-refractivity contribution in [2.75, 3.05) is 0 Å². The first-order valence-corrected chi connectivity index (χ1v) is 9.49. The number of ether oxygens (including phenoxy) is 2. The van der Waals surface area contributed by atoms with Crippen LogP contribution in [0.2, 0.25) is 0 Å². The average molecular weight is 462 g/mol. The van der Waals surface area contributed by atoms with Crippen molar-refractivity contribution in [2.45, 2.75) is 30.7 Å². The zero-order valence-corrected chi connectivity index (χ0v) is 16.5. The van der Waals surface area contributed by atoms with Crippen LogP contribution in [0.15, 0.2) is 45.6 Å². The van der Waals surface area contributed by atoms with Gasteiger partial charge in [0.15, 0.2) is 23.0 Å². The van der Waals surface area contributed by atoms with E-state index in [1.54, 1.807) is 0 Å². The van der Waals surface area contributed by atoms with Crippen molar-refractivity contribution in [1.82, 2.24) is 0 Å². The molecule has 4 rings (SSSR count). The third-order valence-electron chi connectivity index (χ3n) is 5.10. The molecule has 1 aliphatic heterocycles. The molecule has 7 N–H and O–H groups in total. The molecule has 12 nitrogen and oxygen atoms in total. The lowest BCUT2D eigenvalue weighted by Crippen LogP contribution is -2.61. The molecule has 1 saturated heterocycles. The summed E-state index contributed by atoms with van der Waals surface area (Å²) in [6.07, 6.45) is -9.37. The number of hydrogen-bond donors (Lipinski definition) is 7. The summed E-state index contributed by atoms with van der Waals surface area (Å²) in [5.41, 5.74) is -0.546. The van der Waals surface area contributed by atoms with Crippen LogP contribution in [0.3, 0.4) is 0 Å². The molecule has 0 spiro atoms. The van der Waals surface area contributed by atoms with Gasteiger partial charge in [-0.25, -0.2) is 4.79 Å². The topological polar surface area (TPSA) is 207 Å². The normalized spacial score (nSPS) is 25.1. The summed E-state index contributed by atoms with van der Waals surface area (Å²) >= 11 is 0. The summed E-state index contributed by atoms with van der Waals surface area (Å²) in [5, 5.41) is 68.5. The molecule has 1 aromatic heterocycles. The van der Waals surface area contributed by atoms with Gasteiger partial charge in [0.25, 0.3) is 0 Å². The Hall–Kier alpha value is -3.84. The average Bonchev–Trinajstić information content (AvgIpc) is 2.74. The number of phenols is 3. The number of phenolic OH excluding ortho intramolecular Hbond substituents is 3. The van der Waals surface area contributed by atoms with Crippen LogP contribution >= 0.6 is 0 Å². The van der Waals surface area contributed by atoms with E-state index in [2.05, 4.69) is 0 Å². The molecule has 3 aromatic rings. The Kier molecular flexibility index (Phi) is 5.59. The second-order valence-corrected chi connectivity index (χ2v) is 7.35. The van der Waals surface area contributed by atoms with Gasteiger partial charge in [0.1, 0.15) is 46.5 Å². The van der Waals surface area contributed by atoms with Gasteiger partial charge >= 0.3 is 5.97 Å². The predicted molar refractivity (Wildman–Crippen MR) is 108 cm³/mol. The van der Waals surface area contributed by atoms with Crippen LogP contribution in [-0.2, 0) is 9.53 Å². The van der Waals surface area contributed by atoms with Crippen LogP contribution in [0.1, 0.15) is 0 Å². The summed E-state index contributed by atoms with van der Waals surface area (Å²) in [5.74, 6) is -3.24. The van der Waals surface area contributed by atoms with Crippen molar-refractivity contribution >= 4 is 16.9 Å². The summed E-state index contributed by atoms with van der Waals surface area (Å²) in [7, 11) is 0. The van der Waals surface area contributed by atoms with E-state index < -0.39 is 53.6 Å². The molecule has 0 amide bonds. The van der Waals surface area contributed by atoms with Crippen LogP contribution in [0.25, 0.3) is 22.3 Å². The smallest absolute Gasteiger partial charge is 0.335 e. The molecule has 0 aliphatic carbocycles. The number of aliphatic hydroxyl groups excluding tert-OH is 3. The molecule has 1 fully saturated rings. The second-order valence-electron chi connectivity index (χ2n) is 7.35. The molecule has 12 heteroatoms. The molecule has 174 valence electrons. The Morgan fingerprint density at radius 2 is 1.64 bits per heavy atom. The van der Waals surface area contributed by atoms with Gasteiger partial charge in [-0.3, -0.25) is 4.79 Å². The Labute approximate surface area is 183 Å². The fourth-order valence-corrected chi connectivity index (χ4v) is 3.43. The summed E-state index contributed by atoms with van der Waals surface area (Å²) < 4.78 is 16.0. The fourth-order valence-electron chi connectivity index (χ4n) is 3.43. The number of carboxylic acid groups (broad SMARTS) is 1. The van der Waals surface area contributed by atoms with E-state index in [0.29, 0.717) is 0 Å². The molecule has 0 bridgehead atoms. The first-order valence-electron chi connectivity index (χ1n) is 9.49. The number of carboxylic acids is 1. The lowest BCUT2D eigenvalue weighted by molar-refractivity contribution is -0.271. The summed E-state index contributed by atoms with van der Waals surface area (Å²) in [6.45, 7) is 0. The first-order chi connectivity index (χ1) is 15.6. The molecule has 1 aliphatic rings. The van der Waals surface area contributed by atoms with Crippen molar-refractivity contribution in [2.24, 2.45) is 0 Å². The lowest BCUT2D eigenvalue weighted by Gasteiger charge is -2.38. The zero-order valence-electron chi connectivity index (χ0n) is 16.5. The highest BCUT2D eigenvalue weighted by molar-refractivity contribution is 5.86. The SMILES string of the molecule is O=C(O)[C@H]1O[C@@H](Oc2cc(-c3cc(=O)c4c(O)cc(O)cc4o3)ccc2O)[C@H](O)[C@@H](O)[C@H]1O. The van der Waals surface area contributed by atoms with E-state index in [1.165, 1.54) is 12.1 Å². The number of fused-ring (bicyclic) bond motifs is 1. The molecule has 5 atom stereocenters. The van der Waals surface area contributed by atoms with Gasteiger partial charge in [-0.2, -0.15) is 0 Å². The maximum Gasteiger partial charge on any atom is 0.335 e. The van der Waals surface area contributed by atoms with Crippen molar-refractivity contribution in [3.8, 4) is 34.3 Å². The second kappa shape index (κ2) is 8.26. The third-order valence-corrected chi connectivity index (χ3v) is 5.10. The molecule has 0 saturated carbocycles. The number of rotatable bonds is 4. The maximum atomic E-state index is 12.4. The highest BCUT2D eigenvalue weighted by atomic mass is 16.7. The molecule has 0 radical (unpaired) electrons. The summed E-state index contributed by atoms with van der Waals surface area (Å²) in [4.78, 5) is 23.7. The van der Waals surface area contributed by atoms with Gasteiger partial charge in [0.05, 0.1) is 0 Å². The number of benzene rings is 2. The van der Waals surface area contributed by atoms with Crippen molar-refractivity contribution in [3.63, 3.8) is 0 Å². The minimum Gasteiger partial charge on any atom is -0.508 e. The van der Waals surface area contributed by atoms with E-state index in [9.17, 15) is 40.2 Å². The van der Waals surface area contributed by atoms with Crippen LogP contribution < -0.4 is 10.2 Å². The number of carbonyl (C=O) groups is 1. The zero-order chi connectivity index (χ0) is 24.0. The minimum absolute atomic E-state index is 0.0358.